The Morgan fingerprint density at radius 1 is 0.676 bits per heavy atom. The Balaban J connectivity index is 1.56. The van der Waals surface area contributed by atoms with Gasteiger partial charge in [-0.15, -0.1) is 0 Å². The fourth-order valence-electron chi connectivity index (χ4n) is 4.72. The fraction of sp³-hybridized carbons (Fsp3) is 0.387. The summed E-state index contributed by atoms with van der Waals surface area (Å²) in [5.74, 6) is -0.274. The molecule has 0 saturated heterocycles. The van der Waals surface area contributed by atoms with Crippen molar-refractivity contribution >= 4 is 34.0 Å². The Hall–Kier alpha value is -2.52. The van der Waals surface area contributed by atoms with Gasteiger partial charge in [-0.05, 0) is 71.6 Å². The van der Waals surface area contributed by atoms with E-state index in [1.165, 1.54) is 44.1 Å². The van der Waals surface area contributed by atoms with Crippen LogP contribution in [-0.2, 0) is 12.8 Å². The summed E-state index contributed by atoms with van der Waals surface area (Å²) in [4.78, 5) is 0. The number of fused-ring (bicyclic) bond motifs is 3. The zero-order valence-corrected chi connectivity index (χ0v) is 21.3. The van der Waals surface area contributed by atoms with Crippen LogP contribution in [0, 0.1) is 10.5 Å². The van der Waals surface area contributed by atoms with Crippen LogP contribution in [0.25, 0.3) is 32.9 Å². The molecule has 0 radical (unpaired) electrons. The highest BCUT2D eigenvalue weighted by atomic mass is 32.1. The summed E-state index contributed by atoms with van der Waals surface area (Å²) < 4.78 is 21.3. The molecule has 0 spiro atoms. The van der Waals surface area contributed by atoms with Gasteiger partial charge in [0, 0.05) is 10.8 Å². The first-order valence-corrected chi connectivity index (χ1v) is 13.3. The molecule has 1 nitrogen and oxygen atoms in total. The van der Waals surface area contributed by atoms with E-state index in [2.05, 4.69) is 50.2 Å². The van der Waals surface area contributed by atoms with Crippen LogP contribution in [0.4, 0.5) is 4.39 Å². The van der Waals surface area contributed by atoms with Crippen molar-refractivity contribution in [2.45, 2.75) is 78.1 Å². The molecule has 4 rings (SSSR count). The summed E-state index contributed by atoms with van der Waals surface area (Å²) >= 11 is 5.55. The number of hydrogen-bond donors (Lipinski definition) is 0. The maximum absolute atomic E-state index is 15.1. The van der Waals surface area contributed by atoms with Gasteiger partial charge in [0.15, 0.2) is 16.1 Å². The van der Waals surface area contributed by atoms with E-state index in [1.807, 2.05) is 18.2 Å². The zero-order valence-electron chi connectivity index (χ0n) is 20.5. The first-order chi connectivity index (χ1) is 16.6. The zero-order chi connectivity index (χ0) is 23.9. The van der Waals surface area contributed by atoms with Crippen LogP contribution >= 0.6 is 12.2 Å². The van der Waals surface area contributed by atoms with Crippen LogP contribution in [0.5, 0.6) is 0 Å². The van der Waals surface area contributed by atoms with E-state index in [0.29, 0.717) is 16.7 Å². The van der Waals surface area contributed by atoms with Crippen molar-refractivity contribution in [2.75, 3.05) is 0 Å². The van der Waals surface area contributed by atoms with Gasteiger partial charge in [-0.2, -0.15) is 0 Å². The molecule has 1 heterocycles. The lowest BCUT2D eigenvalue weighted by molar-refractivity contribution is 0.537. The van der Waals surface area contributed by atoms with E-state index >= 15 is 4.39 Å². The van der Waals surface area contributed by atoms with Gasteiger partial charge < -0.3 is 4.42 Å². The van der Waals surface area contributed by atoms with Crippen LogP contribution < -0.4 is 0 Å². The van der Waals surface area contributed by atoms with Gasteiger partial charge in [0.25, 0.3) is 0 Å². The lowest BCUT2D eigenvalue weighted by Gasteiger charge is -2.10. The molecule has 0 N–H and O–H groups in total. The van der Waals surface area contributed by atoms with E-state index in [0.717, 1.165) is 46.5 Å². The van der Waals surface area contributed by atoms with Crippen LogP contribution in [-0.4, -0.2) is 0 Å². The number of halogens is 1. The minimum absolute atomic E-state index is 0.274. The van der Waals surface area contributed by atoms with Crippen molar-refractivity contribution in [1.82, 2.24) is 0 Å². The molecular weight excluding hydrogens is 439 g/mol. The highest BCUT2D eigenvalue weighted by Gasteiger charge is 2.14. The third-order valence-corrected chi connectivity index (χ3v) is 7.11. The number of unbranched alkanes of at least 4 members (excludes halogenated alkanes) is 6. The molecular formula is C31H35FOS. The van der Waals surface area contributed by atoms with Crippen molar-refractivity contribution in [1.29, 1.82) is 0 Å². The van der Waals surface area contributed by atoms with E-state index in [4.69, 9.17) is 16.6 Å². The summed E-state index contributed by atoms with van der Waals surface area (Å²) in [7, 11) is 0. The Morgan fingerprint density at radius 2 is 1.35 bits per heavy atom. The van der Waals surface area contributed by atoms with Crippen molar-refractivity contribution in [3.05, 3.63) is 76.2 Å². The van der Waals surface area contributed by atoms with Crippen molar-refractivity contribution in [2.24, 2.45) is 0 Å². The molecule has 0 atom stereocenters. The lowest BCUT2D eigenvalue weighted by atomic mass is 9.97. The summed E-state index contributed by atoms with van der Waals surface area (Å²) in [5, 5.41) is 2.58. The predicted octanol–water partition coefficient (Wildman–Crippen LogP) is 10.4. The van der Waals surface area contributed by atoms with E-state index in [-0.39, 0.29) is 11.4 Å². The lowest BCUT2D eigenvalue weighted by Crippen LogP contribution is -1.93. The SMILES string of the molecule is CCCCCCCCc1ccc(-c2ccc3c(c2)c(=S)oc2c(F)c(CCCC)ccc23)cc1. The minimum Gasteiger partial charge on any atom is -0.441 e. The first kappa shape index (κ1) is 24.6. The van der Waals surface area contributed by atoms with Crippen LogP contribution in [0.15, 0.2) is 59.0 Å². The largest absolute Gasteiger partial charge is 0.441 e. The summed E-state index contributed by atoms with van der Waals surface area (Å²) in [6, 6.07) is 18.9. The van der Waals surface area contributed by atoms with E-state index < -0.39 is 0 Å². The molecule has 34 heavy (non-hydrogen) atoms. The second-order valence-corrected chi connectivity index (χ2v) is 9.75. The topological polar surface area (TPSA) is 13.1 Å². The second-order valence-electron chi connectivity index (χ2n) is 9.38. The molecule has 1 aromatic heterocycles. The Bertz CT molecular complexity index is 1300. The molecule has 3 aromatic carbocycles. The molecule has 0 saturated carbocycles. The second kappa shape index (κ2) is 11.8. The van der Waals surface area contributed by atoms with Crippen LogP contribution in [0.3, 0.4) is 0 Å². The minimum atomic E-state index is -0.274. The van der Waals surface area contributed by atoms with Crippen molar-refractivity contribution in [3.63, 3.8) is 0 Å². The Morgan fingerprint density at radius 3 is 2.12 bits per heavy atom. The summed E-state index contributed by atoms with van der Waals surface area (Å²) in [6.45, 7) is 4.37. The van der Waals surface area contributed by atoms with Crippen LogP contribution in [0.2, 0.25) is 0 Å². The Kier molecular flexibility index (Phi) is 8.50. The van der Waals surface area contributed by atoms with E-state index in [9.17, 15) is 0 Å². The fourth-order valence-corrected chi connectivity index (χ4v) is 4.97. The number of aryl methyl sites for hydroxylation is 2. The maximum atomic E-state index is 15.1. The average molecular weight is 475 g/mol. The van der Waals surface area contributed by atoms with Crippen molar-refractivity contribution < 1.29 is 8.81 Å². The van der Waals surface area contributed by atoms with Gasteiger partial charge in [0.1, 0.15) is 0 Å². The molecule has 0 aliphatic carbocycles. The molecule has 0 bridgehead atoms. The average Bonchev–Trinajstić information content (AvgIpc) is 2.86. The predicted molar refractivity (Wildman–Crippen MR) is 146 cm³/mol. The number of rotatable bonds is 11. The van der Waals surface area contributed by atoms with Gasteiger partial charge >= 0.3 is 0 Å². The Labute approximate surface area is 208 Å². The van der Waals surface area contributed by atoms with E-state index in [1.54, 1.807) is 0 Å². The van der Waals surface area contributed by atoms with Gasteiger partial charge in [-0.25, -0.2) is 4.39 Å². The molecule has 4 aromatic rings. The summed E-state index contributed by atoms with van der Waals surface area (Å²) in [5.41, 5.74) is 4.62. The summed E-state index contributed by atoms with van der Waals surface area (Å²) in [6.07, 6.45) is 11.8. The van der Waals surface area contributed by atoms with Gasteiger partial charge in [0.05, 0.1) is 0 Å². The quantitative estimate of drug-likeness (QED) is 0.122. The van der Waals surface area contributed by atoms with Gasteiger partial charge in [-0.1, -0.05) is 101 Å². The molecule has 3 heteroatoms. The molecule has 0 aliphatic rings. The standard InChI is InChI=1S/C31H35FOS/c1-3-5-7-8-9-10-11-22-13-15-23(16-14-22)25-18-19-26-27-20-17-24(12-6-4-2)29(32)30(27)33-31(34)28(26)21-25/h13-21H,3-12H2,1-2H3. The first-order valence-electron chi connectivity index (χ1n) is 12.9. The highest BCUT2D eigenvalue weighted by Crippen LogP contribution is 2.33. The van der Waals surface area contributed by atoms with Gasteiger partial charge in [0.2, 0.25) is 0 Å². The molecule has 0 amide bonds. The number of hydrogen-bond acceptors (Lipinski definition) is 2. The highest BCUT2D eigenvalue weighted by molar-refractivity contribution is 7.71. The number of benzene rings is 3. The molecule has 0 unspecified atom stereocenters. The normalized spacial score (nSPS) is 11.5. The third-order valence-electron chi connectivity index (χ3n) is 6.81. The maximum Gasteiger partial charge on any atom is 0.198 e. The molecule has 0 fully saturated rings. The third kappa shape index (κ3) is 5.58. The molecule has 178 valence electrons. The molecule has 0 aliphatic heterocycles. The van der Waals surface area contributed by atoms with Crippen molar-refractivity contribution in [3.8, 4) is 11.1 Å². The van der Waals surface area contributed by atoms with Gasteiger partial charge in [-0.3, -0.25) is 0 Å². The smallest absolute Gasteiger partial charge is 0.198 e. The monoisotopic (exact) mass is 474 g/mol. The van der Waals surface area contributed by atoms with Crippen LogP contribution in [0.1, 0.15) is 76.3 Å².